The van der Waals surface area contributed by atoms with Crippen molar-refractivity contribution in [3.63, 3.8) is 0 Å². The molecule has 0 spiro atoms. The van der Waals surface area contributed by atoms with E-state index in [1.807, 2.05) is 0 Å². The van der Waals surface area contributed by atoms with Crippen molar-refractivity contribution in [3.05, 3.63) is 45.3 Å². The molecule has 14 heteroatoms. The average Bonchev–Trinajstić information content (AvgIpc) is 3.07. The highest BCUT2D eigenvalue weighted by Gasteiger charge is 2.29. The summed E-state index contributed by atoms with van der Waals surface area (Å²) in [5, 5.41) is 17.6. The molecule has 1 aromatic carbocycles. The number of anilines is 1. The molecule has 1 N–H and O–H groups in total. The summed E-state index contributed by atoms with van der Waals surface area (Å²) < 4.78 is 38.9. The topological polar surface area (TPSA) is 163 Å². The molecule has 2 aromatic rings. The molecule has 13 nitrogen and oxygen atoms in total. The van der Waals surface area contributed by atoms with Gasteiger partial charge in [-0.2, -0.15) is 9.40 Å². The van der Waals surface area contributed by atoms with Gasteiger partial charge in [0.25, 0.3) is 5.91 Å². The van der Waals surface area contributed by atoms with Crippen LogP contribution in [-0.2, 0) is 35.6 Å². The van der Waals surface area contributed by atoms with Crippen molar-refractivity contribution in [2.75, 3.05) is 31.6 Å². The number of amides is 1. The first-order valence-electron chi connectivity index (χ1n) is 10.8. The van der Waals surface area contributed by atoms with E-state index < -0.39 is 39.5 Å². The lowest BCUT2D eigenvalue weighted by Gasteiger charge is -2.27. The van der Waals surface area contributed by atoms with Crippen molar-refractivity contribution in [2.45, 2.75) is 45.2 Å². The molecule has 0 saturated carbocycles. The Morgan fingerprint density at radius 2 is 1.91 bits per heavy atom. The van der Waals surface area contributed by atoms with Gasteiger partial charge in [0.15, 0.2) is 6.10 Å². The van der Waals surface area contributed by atoms with Gasteiger partial charge < -0.3 is 14.8 Å². The summed E-state index contributed by atoms with van der Waals surface area (Å²) in [6.07, 6.45) is -1.21. The number of carbonyl (C=O) groups is 2. The summed E-state index contributed by atoms with van der Waals surface area (Å²) >= 11 is 0. The number of esters is 1. The predicted molar refractivity (Wildman–Crippen MR) is 123 cm³/mol. The SMILES string of the molecule is Cc1ccc(NC(=O)C(C)OC(=O)Cn2nc(C)c([N+](=O)[O-])c2C)cc1S(=O)(=O)N1CCOCC1. The highest BCUT2D eigenvalue weighted by Crippen LogP contribution is 2.25. The van der Waals surface area contributed by atoms with Crippen LogP contribution in [0.15, 0.2) is 23.1 Å². The van der Waals surface area contributed by atoms with E-state index in [0.717, 1.165) is 4.68 Å². The van der Waals surface area contributed by atoms with Crippen LogP contribution < -0.4 is 5.32 Å². The molecule has 1 aliphatic rings. The summed E-state index contributed by atoms with van der Waals surface area (Å²) in [6, 6.07) is 4.49. The maximum Gasteiger partial charge on any atom is 0.328 e. The van der Waals surface area contributed by atoms with E-state index in [-0.39, 0.29) is 40.7 Å². The van der Waals surface area contributed by atoms with Gasteiger partial charge in [-0.1, -0.05) is 6.07 Å². The third-order valence-corrected chi connectivity index (χ3v) is 7.57. The van der Waals surface area contributed by atoms with Crippen molar-refractivity contribution in [1.82, 2.24) is 14.1 Å². The quantitative estimate of drug-likeness (QED) is 0.314. The second-order valence-electron chi connectivity index (χ2n) is 8.05. The van der Waals surface area contributed by atoms with Gasteiger partial charge in [-0.15, -0.1) is 0 Å². The van der Waals surface area contributed by atoms with E-state index in [2.05, 4.69) is 10.4 Å². The first kappa shape index (κ1) is 26.2. The van der Waals surface area contributed by atoms with Crippen molar-refractivity contribution >= 4 is 33.3 Å². The van der Waals surface area contributed by atoms with Gasteiger partial charge in [-0.25, -0.2) is 8.42 Å². The fourth-order valence-electron chi connectivity index (χ4n) is 3.64. The van der Waals surface area contributed by atoms with Gasteiger partial charge >= 0.3 is 11.7 Å². The van der Waals surface area contributed by atoms with Crippen LogP contribution in [0.5, 0.6) is 0 Å². The van der Waals surface area contributed by atoms with Crippen LogP contribution in [0.2, 0.25) is 0 Å². The van der Waals surface area contributed by atoms with Crippen LogP contribution in [0.3, 0.4) is 0 Å². The largest absolute Gasteiger partial charge is 0.451 e. The standard InChI is InChI=1S/C21H27N5O8S/c1-13-5-6-17(11-18(13)35(31,32)24-7-9-33-10-8-24)22-21(28)16(4)34-19(27)12-25-15(3)20(26(29)30)14(2)23-25/h5-6,11,16H,7-10,12H2,1-4H3,(H,22,28). The molecule has 1 saturated heterocycles. The Morgan fingerprint density at radius 3 is 2.51 bits per heavy atom. The molecule has 0 aliphatic carbocycles. The van der Waals surface area contributed by atoms with Gasteiger partial charge in [-0.3, -0.25) is 24.4 Å². The number of nitrogens with zero attached hydrogens (tertiary/aromatic N) is 4. The Balaban J connectivity index is 1.66. The number of ether oxygens (including phenoxy) is 2. The number of nitrogens with one attached hydrogen (secondary N) is 1. The van der Waals surface area contributed by atoms with E-state index in [9.17, 15) is 28.1 Å². The van der Waals surface area contributed by atoms with Gasteiger partial charge in [0, 0.05) is 18.8 Å². The summed E-state index contributed by atoms with van der Waals surface area (Å²) in [5.74, 6) is -1.48. The number of morpholine rings is 1. The van der Waals surface area contributed by atoms with Crippen molar-refractivity contribution in [3.8, 4) is 0 Å². The van der Waals surface area contributed by atoms with Gasteiger partial charge in [-0.05, 0) is 45.4 Å². The van der Waals surface area contributed by atoms with Crippen molar-refractivity contribution < 1.29 is 32.4 Å². The number of hydrogen-bond acceptors (Lipinski definition) is 9. The lowest BCUT2D eigenvalue weighted by atomic mass is 10.2. The molecule has 2 heterocycles. The number of hydrogen-bond donors (Lipinski definition) is 1. The molecule has 0 bridgehead atoms. The Bertz CT molecular complexity index is 1250. The molecule has 3 rings (SSSR count). The molecule has 35 heavy (non-hydrogen) atoms. The van der Waals surface area contributed by atoms with Gasteiger partial charge in [0.1, 0.15) is 17.9 Å². The first-order valence-corrected chi connectivity index (χ1v) is 12.2. The lowest BCUT2D eigenvalue weighted by Crippen LogP contribution is -2.40. The van der Waals surface area contributed by atoms with Crippen molar-refractivity contribution in [1.29, 1.82) is 0 Å². The minimum absolute atomic E-state index is 0.0629. The van der Waals surface area contributed by atoms with Crippen LogP contribution in [0, 0.1) is 30.9 Å². The zero-order valence-electron chi connectivity index (χ0n) is 19.8. The van der Waals surface area contributed by atoms with Crippen LogP contribution in [0.25, 0.3) is 0 Å². The number of aromatic nitrogens is 2. The van der Waals surface area contributed by atoms with Gasteiger partial charge in [0.2, 0.25) is 10.0 Å². The zero-order chi connectivity index (χ0) is 25.9. The Kier molecular flexibility index (Phi) is 7.87. The number of aryl methyl sites for hydroxylation is 2. The summed E-state index contributed by atoms with van der Waals surface area (Å²) in [6.45, 7) is 6.62. The summed E-state index contributed by atoms with van der Waals surface area (Å²) in [4.78, 5) is 35.5. The number of benzene rings is 1. The second-order valence-corrected chi connectivity index (χ2v) is 9.96. The molecule has 1 fully saturated rings. The minimum atomic E-state index is -3.78. The third-order valence-electron chi connectivity index (χ3n) is 5.53. The molecule has 1 aromatic heterocycles. The Labute approximate surface area is 202 Å². The van der Waals surface area contributed by atoms with E-state index in [1.54, 1.807) is 19.1 Å². The van der Waals surface area contributed by atoms with E-state index in [1.165, 1.54) is 31.1 Å². The summed E-state index contributed by atoms with van der Waals surface area (Å²) in [5.41, 5.74) is 0.909. The average molecular weight is 510 g/mol. The third kappa shape index (κ3) is 5.83. The number of nitro groups is 1. The van der Waals surface area contributed by atoms with Crippen LogP contribution in [0.1, 0.15) is 23.9 Å². The predicted octanol–water partition coefficient (Wildman–Crippen LogP) is 1.31. The van der Waals surface area contributed by atoms with Gasteiger partial charge in [0.05, 0.1) is 23.0 Å². The second kappa shape index (κ2) is 10.5. The molecule has 1 unspecified atom stereocenters. The number of carbonyl (C=O) groups excluding carboxylic acids is 2. The van der Waals surface area contributed by atoms with E-state index >= 15 is 0 Å². The molecular weight excluding hydrogens is 482 g/mol. The fourth-order valence-corrected chi connectivity index (χ4v) is 5.30. The van der Waals surface area contributed by atoms with E-state index in [0.29, 0.717) is 18.8 Å². The highest BCUT2D eigenvalue weighted by atomic mass is 32.2. The lowest BCUT2D eigenvalue weighted by molar-refractivity contribution is -0.386. The Hall–Kier alpha value is -3.36. The van der Waals surface area contributed by atoms with E-state index in [4.69, 9.17) is 9.47 Å². The molecule has 1 atom stereocenters. The molecule has 190 valence electrons. The van der Waals surface area contributed by atoms with Crippen LogP contribution in [0.4, 0.5) is 11.4 Å². The fraction of sp³-hybridized carbons (Fsp3) is 0.476. The number of rotatable bonds is 8. The highest BCUT2D eigenvalue weighted by molar-refractivity contribution is 7.89. The Morgan fingerprint density at radius 1 is 1.26 bits per heavy atom. The molecular formula is C21H27N5O8S. The molecule has 0 radical (unpaired) electrons. The monoisotopic (exact) mass is 509 g/mol. The molecule has 1 aliphatic heterocycles. The zero-order valence-corrected chi connectivity index (χ0v) is 20.6. The smallest absolute Gasteiger partial charge is 0.328 e. The van der Waals surface area contributed by atoms with Crippen LogP contribution in [-0.4, -0.2) is 71.7 Å². The minimum Gasteiger partial charge on any atom is -0.451 e. The van der Waals surface area contributed by atoms with Crippen LogP contribution >= 0.6 is 0 Å². The molecule has 1 amide bonds. The summed E-state index contributed by atoms with van der Waals surface area (Å²) in [7, 11) is -3.78. The normalized spacial score (nSPS) is 15.4. The first-order chi connectivity index (χ1) is 16.4. The maximum atomic E-state index is 13.0. The number of sulfonamides is 1. The maximum absolute atomic E-state index is 13.0. The van der Waals surface area contributed by atoms with Crippen molar-refractivity contribution in [2.24, 2.45) is 0 Å².